The Bertz CT molecular complexity index is 2830. The summed E-state index contributed by atoms with van der Waals surface area (Å²) in [7, 11) is 0. The van der Waals surface area contributed by atoms with Gasteiger partial charge in [0.15, 0.2) is 0 Å². The zero-order valence-electron chi connectivity index (χ0n) is 30.8. The Morgan fingerprint density at radius 2 is 0.643 bits per heavy atom. The first kappa shape index (κ1) is 32.2. The average Bonchev–Trinajstić information content (AvgIpc) is 3.75. The quantitative estimate of drug-likeness (QED) is 0.166. The molecule has 1 heteroatoms. The number of rotatable bonds is 6. The van der Waals surface area contributed by atoms with Gasteiger partial charge in [-0.25, -0.2) is 0 Å². The Balaban J connectivity index is 1.19. The van der Waals surface area contributed by atoms with Crippen molar-refractivity contribution in [1.29, 1.82) is 0 Å². The Labute approximate surface area is 328 Å². The summed E-state index contributed by atoms with van der Waals surface area (Å²) in [6.45, 7) is 0. The van der Waals surface area contributed by atoms with Crippen LogP contribution >= 0.6 is 0 Å². The summed E-state index contributed by atoms with van der Waals surface area (Å²) >= 11 is 0. The lowest BCUT2D eigenvalue weighted by Crippen LogP contribution is -2.26. The summed E-state index contributed by atoms with van der Waals surface area (Å²) in [6, 6.07) is 82.5. The van der Waals surface area contributed by atoms with E-state index in [9.17, 15) is 0 Å². The molecule has 0 radical (unpaired) electrons. The summed E-state index contributed by atoms with van der Waals surface area (Å²) in [5.41, 5.74) is 20.6. The molecule has 0 heterocycles. The van der Waals surface area contributed by atoms with Crippen LogP contribution < -0.4 is 4.90 Å². The van der Waals surface area contributed by atoms with Crippen molar-refractivity contribution in [2.24, 2.45) is 0 Å². The van der Waals surface area contributed by atoms with Gasteiger partial charge < -0.3 is 4.90 Å². The van der Waals surface area contributed by atoms with Gasteiger partial charge in [0.25, 0.3) is 0 Å². The van der Waals surface area contributed by atoms with E-state index in [1.807, 2.05) is 0 Å². The minimum Gasteiger partial charge on any atom is -0.310 e. The molecule has 9 aromatic carbocycles. The smallest absolute Gasteiger partial charge is 0.0726 e. The molecule has 0 N–H and O–H groups in total. The maximum atomic E-state index is 2.49. The molecule has 1 nitrogen and oxygen atoms in total. The second-order valence-corrected chi connectivity index (χ2v) is 14.8. The van der Waals surface area contributed by atoms with E-state index in [0.717, 1.165) is 17.1 Å². The third-order valence-electron chi connectivity index (χ3n) is 11.9. The van der Waals surface area contributed by atoms with Crippen LogP contribution in [0.15, 0.2) is 224 Å². The molecule has 0 bridgehead atoms. The zero-order chi connectivity index (χ0) is 37.1. The summed E-state index contributed by atoms with van der Waals surface area (Å²) in [5, 5.41) is 0. The highest BCUT2D eigenvalue weighted by Crippen LogP contribution is 2.63. The third kappa shape index (κ3) is 4.88. The molecule has 0 aliphatic heterocycles. The minimum atomic E-state index is -0.438. The molecule has 0 aromatic heterocycles. The summed E-state index contributed by atoms with van der Waals surface area (Å²) in [4.78, 5) is 2.48. The molecular formula is C55H37N. The first-order valence-electron chi connectivity index (χ1n) is 19.4. The fourth-order valence-corrected chi connectivity index (χ4v) is 9.47. The van der Waals surface area contributed by atoms with Gasteiger partial charge >= 0.3 is 0 Å². The van der Waals surface area contributed by atoms with Gasteiger partial charge in [-0.2, -0.15) is 0 Å². The molecule has 1 spiro atoms. The Kier molecular flexibility index (Phi) is 7.47. The maximum absolute atomic E-state index is 2.49. The molecule has 0 fully saturated rings. The first-order chi connectivity index (χ1) is 27.8. The molecular weight excluding hydrogens is 675 g/mol. The lowest BCUT2D eigenvalue weighted by atomic mass is 9.70. The number of hydrogen-bond acceptors (Lipinski definition) is 1. The van der Waals surface area contributed by atoms with Crippen LogP contribution in [0.25, 0.3) is 55.6 Å². The van der Waals surface area contributed by atoms with E-state index in [1.165, 1.54) is 77.9 Å². The van der Waals surface area contributed by atoms with Crippen molar-refractivity contribution in [2.45, 2.75) is 5.41 Å². The average molecular weight is 712 g/mol. The SMILES string of the molecule is c1ccc(-c2ccc(N(c3ccc4c(c3)C3(c5ccccc5-c5ccccc53)c3ccccc3-4)c3cc(-c4ccccc4)ccc3-c3ccccc3)cc2)cc1. The van der Waals surface area contributed by atoms with Gasteiger partial charge in [-0.05, 0) is 103 Å². The van der Waals surface area contributed by atoms with E-state index < -0.39 is 5.41 Å². The Hall–Kier alpha value is -7.22. The molecule has 11 rings (SSSR count). The van der Waals surface area contributed by atoms with Gasteiger partial charge in [0, 0.05) is 16.9 Å². The standard InChI is InChI=1S/C55H37N/c1-4-16-38(17-5-1)40-28-31-43(32-29-40)56(54-36-42(39-18-6-2-7-19-39)30-34-45(54)41-20-8-3-9-21-41)44-33-35-49-48-24-12-15-27-52(48)55(53(49)37-44)50-25-13-10-22-46(50)47-23-11-14-26-51(47)55/h1-37H. The van der Waals surface area contributed by atoms with Gasteiger partial charge in [0.2, 0.25) is 0 Å². The normalized spacial score (nSPS) is 12.8. The Morgan fingerprint density at radius 3 is 1.20 bits per heavy atom. The predicted molar refractivity (Wildman–Crippen MR) is 234 cm³/mol. The van der Waals surface area contributed by atoms with Gasteiger partial charge in [-0.1, -0.05) is 194 Å². The summed E-state index contributed by atoms with van der Waals surface area (Å²) in [5.74, 6) is 0. The molecule has 262 valence electrons. The van der Waals surface area contributed by atoms with E-state index in [-0.39, 0.29) is 0 Å². The van der Waals surface area contributed by atoms with E-state index in [2.05, 4.69) is 229 Å². The van der Waals surface area contributed by atoms with Gasteiger partial charge in [0.05, 0.1) is 11.1 Å². The lowest BCUT2D eigenvalue weighted by molar-refractivity contribution is 0.793. The highest BCUT2D eigenvalue weighted by atomic mass is 15.1. The molecule has 0 unspecified atom stereocenters. The minimum absolute atomic E-state index is 0.438. The second kappa shape index (κ2) is 13.0. The molecule has 9 aromatic rings. The second-order valence-electron chi connectivity index (χ2n) is 14.8. The fraction of sp³-hybridized carbons (Fsp3) is 0.0182. The van der Waals surface area contributed by atoms with Gasteiger partial charge in [-0.3, -0.25) is 0 Å². The van der Waals surface area contributed by atoms with E-state index >= 15 is 0 Å². The van der Waals surface area contributed by atoms with Crippen LogP contribution in [0, 0.1) is 0 Å². The number of hydrogen-bond donors (Lipinski definition) is 0. The van der Waals surface area contributed by atoms with Crippen molar-refractivity contribution in [3.8, 4) is 55.6 Å². The monoisotopic (exact) mass is 711 g/mol. The number of fused-ring (bicyclic) bond motifs is 10. The summed E-state index contributed by atoms with van der Waals surface area (Å²) in [6.07, 6.45) is 0. The van der Waals surface area contributed by atoms with Crippen molar-refractivity contribution >= 4 is 17.1 Å². The van der Waals surface area contributed by atoms with E-state index in [0.29, 0.717) is 0 Å². The van der Waals surface area contributed by atoms with Crippen LogP contribution in [0.5, 0.6) is 0 Å². The lowest BCUT2D eigenvalue weighted by Gasteiger charge is -2.33. The topological polar surface area (TPSA) is 3.24 Å². The molecule has 0 saturated heterocycles. The largest absolute Gasteiger partial charge is 0.310 e. The molecule has 0 amide bonds. The number of anilines is 3. The van der Waals surface area contributed by atoms with Crippen LogP contribution in [0.1, 0.15) is 22.3 Å². The Morgan fingerprint density at radius 1 is 0.250 bits per heavy atom. The van der Waals surface area contributed by atoms with Crippen molar-refractivity contribution in [3.05, 3.63) is 247 Å². The van der Waals surface area contributed by atoms with Crippen LogP contribution in [-0.4, -0.2) is 0 Å². The van der Waals surface area contributed by atoms with Crippen molar-refractivity contribution in [3.63, 3.8) is 0 Å². The van der Waals surface area contributed by atoms with Crippen LogP contribution in [0.2, 0.25) is 0 Å². The molecule has 2 aliphatic carbocycles. The first-order valence-corrected chi connectivity index (χ1v) is 19.4. The predicted octanol–water partition coefficient (Wildman–Crippen LogP) is 14.5. The zero-order valence-corrected chi connectivity index (χ0v) is 30.8. The van der Waals surface area contributed by atoms with Gasteiger partial charge in [-0.15, -0.1) is 0 Å². The van der Waals surface area contributed by atoms with Crippen LogP contribution in [0.4, 0.5) is 17.1 Å². The van der Waals surface area contributed by atoms with Crippen molar-refractivity contribution in [1.82, 2.24) is 0 Å². The van der Waals surface area contributed by atoms with Crippen LogP contribution in [0.3, 0.4) is 0 Å². The summed E-state index contributed by atoms with van der Waals surface area (Å²) < 4.78 is 0. The van der Waals surface area contributed by atoms with E-state index in [4.69, 9.17) is 0 Å². The number of nitrogens with zero attached hydrogens (tertiary/aromatic N) is 1. The fourth-order valence-electron chi connectivity index (χ4n) is 9.47. The van der Waals surface area contributed by atoms with Crippen molar-refractivity contribution < 1.29 is 0 Å². The highest BCUT2D eigenvalue weighted by molar-refractivity contribution is 5.97. The van der Waals surface area contributed by atoms with Crippen molar-refractivity contribution in [2.75, 3.05) is 4.90 Å². The molecule has 56 heavy (non-hydrogen) atoms. The highest BCUT2D eigenvalue weighted by Gasteiger charge is 2.51. The van der Waals surface area contributed by atoms with E-state index in [1.54, 1.807) is 0 Å². The third-order valence-corrected chi connectivity index (χ3v) is 11.9. The molecule has 2 aliphatic rings. The van der Waals surface area contributed by atoms with Crippen LogP contribution in [-0.2, 0) is 5.41 Å². The number of benzene rings is 9. The molecule has 0 atom stereocenters. The maximum Gasteiger partial charge on any atom is 0.0726 e. The molecule has 0 saturated carbocycles. The van der Waals surface area contributed by atoms with Gasteiger partial charge in [0.1, 0.15) is 0 Å².